The molecule has 0 amide bonds. The maximum atomic E-state index is 12.0. The van der Waals surface area contributed by atoms with Gasteiger partial charge < -0.3 is 15.7 Å². The molecular weight excluding hydrogens is 304 g/mol. The number of hydrogen-bond donors (Lipinski definition) is 3. The lowest BCUT2D eigenvalue weighted by Crippen LogP contribution is -2.63. The third kappa shape index (κ3) is 4.32. The van der Waals surface area contributed by atoms with E-state index in [4.69, 9.17) is 15.7 Å². The van der Waals surface area contributed by atoms with Crippen molar-refractivity contribution in [2.24, 2.45) is 16.6 Å². The van der Waals surface area contributed by atoms with Crippen molar-refractivity contribution in [3.8, 4) is 5.75 Å². The minimum atomic E-state index is -3.84. The summed E-state index contributed by atoms with van der Waals surface area (Å²) in [6.45, 7) is 0. The van der Waals surface area contributed by atoms with Gasteiger partial charge in [-0.1, -0.05) is 18.2 Å². The molecular formula is C14H15N4O3S+. The zero-order valence-electron chi connectivity index (χ0n) is 11.5. The Labute approximate surface area is 128 Å². The van der Waals surface area contributed by atoms with Crippen molar-refractivity contribution in [2.75, 3.05) is 0 Å². The molecule has 0 aliphatic carbocycles. The van der Waals surface area contributed by atoms with E-state index in [2.05, 4.69) is 10.2 Å². The van der Waals surface area contributed by atoms with Crippen LogP contribution < -0.4 is 20.8 Å². The average molecular weight is 319 g/mol. The molecule has 114 valence electrons. The van der Waals surface area contributed by atoms with Crippen molar-refractivity contribution >= 4 is 22.3 Å². The quantitative estimate of drug-likeness (QED) is 0.287. The normalized spacial score (nSPS) is 11.3. The van der Waals surface area contributed by atoms with Gasteiger partial charge in [-0.05, 0) is 36.4 Å². The van der Waals surface area contributed by atoms with E-state index in [1.807, 2.05) is 0 Å². The van der Waals surface area contributed by atoms with Gasteiger partial charge in [0.2, 0.25) is 6.21 Å². The molecule has 2 rings (SSSR count). The van der Waals surface area contributed by atoms with Gasteiger partial charge in [0.1, 0.15) is 10.6 Å². The molecule has 0 radical (unpaired) electrons. The summed E-state index contributed by atoms with van der Waals surface area (Å²) >= 11 is 0. The Morgan fingerprint density at radius 2 is 1.68 bits per heavy atom. The molecule has 0 atom stereocenters. The fourth-order valence-electron chi connectivity index (χ4n) is 1.56. The number of nitrogens with two attached hydrogens (primary N) is 2. The Morgan fingerprint density at radius 1 is 1.05 bits per heavy atom. The molecule has 0 saturated carbocycles. The Balaban J connectivity index is 2.12. The largest absolute Gasteiger partial charge is 0.379 e. The maximum absolute atomic E-state index is 12.0. The van der Waals surface area contributed by atoms with Crippen LogP contribution >= 0.6 is 0 Å². The van der Waals surface area contributed by atoms with Gasteiger partial charge in [0.05, 0.1) is 0 Å². The van der Waals surface area contributed by atoms with E-state index in [-0.39, 0.29) is 16.6 Å². The number of hydrogen-bond acceptors (Lipinski definition) is 4. The molecule has 0 spiro atoms. The van der Waals surface area contributed by atoms with E-state index in [1.54, 1.807) is 36.5 Å². The van der Waals surface area contributed by atoms with Gasteiger partial charge in [-0.2, -0.15) is 8.42 Å². The van der Waals surface area contributed by atoms with Crippen LogP contribution in [-0.4, -0.2) is 20.6 Å². The third-order valence-corrected chi connectivity index (χ3v) is 3.80. The van der Waals surface area contributed by atoms with Crippen molar-refractivity contribution < 1.29 is 17.7 Å². The minimum Gasteiger partial charge on any atom is -0.379 e. The summed E-state index contributed by atoms with van der Waals surface area (Å²) in [4.78, 5) is 0.0973. The highest BCUT2D eigenvalue weighted by molar-refractivity contribution is 7.87. The molecule has 2 aromatic carbocycles. The minimum absolute atomic E-state index is 0.0924. The number of hydrazone groups is 1. The van der Waals surface area contributed by atoms with E-state index in [9.17, 15) is 8.42 Å². The van der Waals surface area contributed by atoms with Crippen LogP contribution in [0.25, 0.3) is 0 Å². The second-order valence-corrected chi connectivity index (χ2v) is 5.78. The monoisotopic (exact) mass is 319 g/mol. The lowest BCUT2D eigenvalue weighted by molar-refractivity contribution is -0.456. The predicted molar refractivity (Wildman–Crippen MR) is 82.6 cm³/mol. The Bertz CT molecular complexity index is 781. The number of nitrogens with zero attached hydrogens (tertiary/aromatic N) is 1. The highest BCUT2D eigenvalue weighted by atomic mass is 32.2. The molecule has 0 aromatic heterocycles. The number of nitrogens with one attached hydrogen (secondary N) is 1. The van der Waals surface area contributed by atoms with E-state index >= 15 is 0 Å². The van der Waals surface area contributed by atoms with Crippen LogP contribution in [0, 0.1) is 0 Å². The zero-order valence-corrected chi connectivity index (χ0v) is 12.3. The first-order chi connectivity index (χ1) is 10.5. The summed E-state index contributed by atoms with van der Waals surface area (Å²) in [5, 5.41) is 6.13. The average Bonchev–Trinajstić information content (AvgIpc) is 2.49. The van der Waals surface area contributed by atoms with Crippen LogP contribution in [0.3, 0.4) is 0 Å². The van der Waals surface area contributed by atoms with Gasteiger partial charge in [0.25, 0.3) is 5.96 Å². The van der Waals surface area contributed by atoms with Crippen LogP contribution in [-0.2, 0) is 10.1 Å². The fraction of sp³-hybridized carbons (Fsp3) is 0. The van der Waals surface area contributed by atoms with Gasteiger partial charge in [-0.25, -0.2) is 0 Å². The van der Waals surface area contributed by atoms with Crippen LogP contribution in [0.15, 0.2) is 64.6 Å². The first kappa shape index (κ1) is 15.5. The molecule has 5 N–H and O–H groups in total. The lowest BCUT2D eigenvalue weighted by Gasteiger charge is -2.06. The molecule has 8 heteroatoms. The molecule has 0 unspecified atom stereocenters. The first-order valence-electron chi connectivity index (χ1n) is 6.24. The third-order valence-electron chi connectivity index (χ3n) is 2.54. The molecule has 22 heavy (non-hydrogen) atoms. The summed E-state index contributed by atoms with van der Waals surface area (Å²) in [5.41, 5.74) is 11.1. The molecule has 0 aliphatic rings. The van der Waals surface area contributed by atoms with Crippen molar-refractivity contribution in [1.82, 2.24) is 0 Å². The summed E-state index contributed by atoms with van der Waals surface area (Å²) in [6, 6.07) is 14.3. The van der Waals surface area contributed by atoms with Gasteiger partial charge in [0, 0.05) is 10.7 Å². The summed E-state index contributed by atoms with van der Waals surface area (Å²) in [5.74, 6) is 0.119. The highest BCUT2D eigenvalue weighted by Gasteiger charge is 2.15. The SMILES string of the molecule is NC(N)=N/[NH+]=C\c1ccc(OS(=O)(=O)c2ccccc2)cc1. The molecule has 0 aliphatic heterocycles. The molecule has 2 aromatic rings. The molecule has 0 bridgehead atoms. The Kier molecular flexibility index (Phi) is 4.74. The van der Waals surface area contributed by atoms with Crippen molar-refractivity contribution in [3.63, 3.8) is 0 Å². The van der Waals surface area contributed by atoms with E-state index in [0.29, 0.717) is 0 Å². The first-order valence-corrected chi connectivity index (χ1v) is 7.65. The molecule has 0 heterocycles. The van der Waals surface area contributed by atoms with Crippen molar-refractivity contribution in [1.29, 1.82) is 0 Å². The summed E-state index contributed by atoms with van der Waals surface area (Å²) in [6.07, 6.45) is 1.55. The van der Waals surface area contributed by atoms with E-state index in [1.165, 1.54) is 24.3 Å². The van der Waals surface area contributed by atoms with Crippen LogP contribution in [0.2, 0.25) is 0 Å². The van der Waals surface area contributed by atoms with E-state index < -0.39 is 10.1 Å². The number of guanidine groups is 1. The van der Waals surface area contributed by atoms with E-state index in [0.717, 1.165) is 5.56 Å². The molecule has 0 fully saturated rings. The maximum Gasteiger partial charge on any atom is 0.339 e. The Hall–Kier alpha value is -2.87. The highest BCUT2D eigenvalue weighted by Crippen LogP contribution is 2.18. The number of benzene rings is 2. The van der Waals surface area contributed by atoms with Gasteiger partial charge in [-0.3, -0.25) is 0 Å². The lowest BCUT2D eigenvalue weighted by atomic mass is 10.2. The molecule has 0 saturated heterocycles. The number of rotatable bonds is 5. The van der Waals surface area contributed by atoms with Crippen LogP contribution in [0.4, 0.5) is 0 Å². The van der Waals surface area contributed by atoms with Crippen molar-refractivity contribution in [3.05, 3.63) is 60.2 Å². The zero-order chi connectivity index (χ0) is 16.0. The second kappa shape index (κ2) is 6.72. The molecule has 7 nitrogen and oxygen atoms in total. The standard InChI is InChI=1S/C14H14N4O3S/c15-14(16)18-17-10-11-6-8-12(9-7-11)21-22(19,20)13-4-2-1-3-5-13/h1-10H,(H4,15,16,18)/p+1/b17-10-. The van der Waals surface area contributed by atoms with Gasteiger partial charge in [-0.15, -0.1) is 5.10 Å². The van der Waals surface area contributed by atoms with Crippen LogP contribution in [0.5, 0.6) is 5.75 Å². The van der Waals surface area contributed by atoms with Gasteiger partial charge >= 0.3 is 10.1 Å². The summed E-state index contributed by atoms with van der Waals surface area (Å²) < 4.78 is 29.1. The van der Waals surface area contributed by atoms with Crippen LogP contribution in [0.1, 0.15) is 5.56 Å². The smallest absolute Gasteiger partial charge is 0.339 e. The topological polar surface area (TPSA) is 122 Å². The predicted octanol–water partition coefficient (Wildman–Crippen LogP) is -0.858. The van der Waals surface area contributed by atoms with Crippen molar-refractivity contribution in [2.45, 2.75) is 4.90 Å². The second-order valence-electron chi connectivity index (χ2n) is 4.23. The fourth-order valence-corrected chi connectivity index (χ4v) is 2.51. The Morgan fingerprint density at radius 3 is 2.27 bits per heavy atom. The van der Waals surface area contributed by atoms with Gasteiger partial charge in [0.15, 0.2) is 0 Å². The summed E-state index contributed by atoms with van der Waals surface area (Å²) in [7, 11) is -3.84.